The van der Waals surface area contributed by atoms with Gasteiger partial charge in [0.1, 0.15) is 0 Å². The number of sulfonamides is 1. The molecule has 5 heteroatoms. The van der Waals surface area contributed by atoms with Gasteiger partial charge in [-0.25, -0.2) is 13.1 Å². The zero-order valence-electron chi connectivity index (χ0n) is 11.5. The van der Waals surface area contributed by atoms with Crippen molar-refractivity contribution in [1.29, 1.82) is 0 Å². The van der Waals surface area contributed by atoms with Gasteiger partial charge in [0.15, 0.2) is 22.4 Å². The smallest absolute Gasteiger partial charge is 0.172 e. The Bertz CT molecular complexity index is 888. The van der Waals surface area contributed by atoms with Gasteiger partial charge in [-0.05, 0) is 30.5 Å². The Morgan fingerprint density at radius 3 is 2.29 bits per heavy atom. The van der Waals surface area contributed by atoms with E-state index in [2.05, 4.69) is 4.83 Å². The predicted octanol–water partition coefficient (Wildman–Crippen LogP) is 2.96. The predicted molar refractivity (Wildman–Crippen MR) is 81.3 cm³/mol. The van der Waals surface area contributed by atoms with Crippen LogP contribution in [0.2, 0.25) is 0 Å². The van der Waals surface area contributed by atoms with Crippen LogP contribution < -0.4 is 4.68 Å². The maximum Gasteiger partial charge on any atom is 0.172 e. The van der Waals surface area contributed by atoms with E-state index in [1.165, 1.54) is 4.68 Å². The monoisotopic (exact) mass is 298 g/mol. The van der Waals surface area contributed by atoms with Crippen LogP contribution in [0.4, 0.5) is 0 Å². The van der Waals surface area contributed by atoms with E-state index in [0.717, 1.165) is 16.3 Å². The summed E-state index contributed by atoms with van der Waals surface area (Å²) < 4.78 is 25.9. The Hall–Kier alpha value is -2.40. The normalized spacial score (nSPS) is 11.5. The molecule has 106 valence electrons. The third-order valence-corrected chi connectivity index (χ3v) is 4.47. The Balaban J connectivity index is 1.95. The number of benzene rings is 2. The van der Waals surface area contributed by atoms with Gasteiger partial charge in [0.25, 0.3) is 0 Å². The lowest BCUT2D eigenvalue weighted by molar-refractivity contribution is -0.612. The van der Waals surface area contributed by atoms with Crippen molar-refractivity contribution < 1.29 is 13.1 Å². The third kappa shape index (κ3) is 2.87. The lowest BCUT2D eigenvalue weighted by Crippen LogP contribution is -2.31. The first-order chi connectivity index (χ1) is 10.0. The highest BCUT2D eigenvalue weighted by atomic mass is 32.2. The van der Waals surface area contributed by atoms with E-state index < -0.39 is 10.0 Å². The molecule has 4 nitrogen and oxygen atoms in total. The Morgan fingerprint density at radius 2 is 1.57 bits per heavy atom. The number of hydrogen-bond acceptors (Lipinski definition) is 2. The molecule has 0 radical (unpaired) electrons. The molecule has 0 aliphatic carbocycles. The van der Waals surface area contributed by atoms with Crippen molar-refractivity contribution in [3.63, 3.8) is 0 Å². The Labute approximate surface area is 123 Å². The summed E-state index contributed by atoms with van der Waals surface area (Å²) in [6.07, 6.45) is 3.33. The van der Waals surface area contributed by atoms with Crippen molar-refractivity contribution in [1.82, 2.24) is 0 Å². The average molecular weight is 298 g/mol. The molecule has 0 aliphatic rings. The minimum atomic E-state index is -3.71. The fourth-order valence-electron chi connectivity index (χ4n) is 2.05. The molecule has 0 spiro atoms. The molecule has 0 atom stereocenters. The van der Waals surface area contributed by atoms with Crippen molar-refractivity contribution in [3.05, 3.63) is 77.4 Å². The molecular weight excluding hydrogens is 284 g/mol. The van der Waals surface area contributed by atoms with E-state index in [-0.39, 0.29) is 4.90 Å². The van der Waals surface area contributed by atoms with E-state index in [1.807, 2.05) is 37.3 Å². The summed E-state index contributed by atoms with van der Waals surface area (Å²) in [5.41, 5.74) is 1.01. The van der Waals surface area contributed by atoms with Crippen LogP contribution in [-0.2, 0) is 10.0 Å². The van der Waals surface area contributed by atoms with Crippen molar-refractivity contribution in [2.24, 2.45) is 0 Å². The molecule has 0 bridgehead atoms. The van der Waals surface area contributed by atoms with Gasteiger partial charge in [-0.1, -0.05) is 35.9 Å². The number of aromatic nitrogens is 1. The molecule has 1 heterocycles. The maximum absolute atomic E-state index is 12.3. The second kappa shape index (κ2) is 5.18. The van der Waals surface area contributed by atoms with E-state index in [9.17, 15) is 8.42 Å². The summed E-state index contributed by atoms with van der Waals surface area (Å²) in [4.78, 5) is 4.02. The topological polar surface area (TPSA) is 52.1 Å². The summed E-state index contributed by atoms with van der Waals surface area (Å²) >= 11 is 0. The van der Waals surface area contributed by atoms with Gasteiger partial charge in [0.05, 0.1) is 4.90 Å². The fraction of sp³-hybridized carbons (Fsp3) is 0.0625. The molecule has 0 saturated heterocycles. The minimum Gasteiger partial charge on any atom is -0.318 e. The van der Waals surface area contributed by atoms with E-state index in [1.54, 1.807) is 36.7 Å². The molecule has 2 aromatic carbocycles. The van der Waals surface area contributed by atoms with Gasteiger partial charge >= 0.3 is 0 Å². The first-order valence-corrected chi connectivity index (χ1v) is 7.94. The van der Waals surface area contributed by atoms with Crippen LogP contribution in [0.1, 0.15) is 5.56 Å². The van der Waals surface area contributed by atoms with Gasteiger partial charge in [0, 0.05) is 11.5 Å². The number of pyridine rings is 1. The van der Waals surface area contributed by atoms with Crippen LogP contribution in [0.5, 0.6) is 0 Å². The highest BCUT2D eigenvalue weighted by Crippen LogP contribution is 2.16. The average Bonchev–Trinajstić information content (AvgIpc) is 2.47. The summed E-state index contributed by atoms with van der Waals surface area (Å²) in [7, 11) is -3.71. The molecular formula is C16H14N2O2S. The second-order valence-electron chi connectivity index (χ2n) is 4.82. The van der Waals surface area contributed by atoms with E-state index >= 15 is 0 Å². The van der Waals surface area contributed by atoms with Gasteiger partial charge < -0.3 is 4.83 Å². The lowest BCUT2D eigenvalue weighted by atomic mass is 10.2. The number of fused-ring (bicyclic) bond motifs is 1. The zero-order chi connectivity index (χ0) is 14.9. The largest absolute Gasteiger partial charge is 0.318 e. The summed E-state index contributed by atoms with van der Waals surface area (Å²) in [5.74, 6) is 0. The van der Waals surface area contributed by atoms with Gasteiger partial charge in [0.2, 0.25) is 0 Å². The molecule has 0 saturated carbocycles. The minimum absolute atomic E-state index is 0.189. The number of hydrogen-bond donors (Lipinski definition) is 0. The molecule has 0 N–H and O–H groups in total. The van der Waals surface area contributed by atoms with Crippen molar-refractivity contribution in [3.8, 4) is 0 Å². The van der Waals surface area contributed by atoms with Gasteiger partial charge in [-0.15, -0.1) is 0 Å². The Morgan fingerprint density at radius 1 is 0.905 bits per heavy atom. The van der Waals surface area contributed by atoms with Crippen molar-refractivity contribution in [2.45, 2.75) is 11.8 Å². The van der Waals surface area contributed by atoms with Crippen LogP contribution in [-0.4, -0.2) is 8.42 Å². The van der Waals surface area contributed by atoms with E-state index in [4.69, 9.17) is 0 Å². The molecule has 0 unspecified atom stereocenters. The summed E-state index contributed by atoms with van der Waals surface area (Å²) in [6.45, 7) is 1.91. The second-order valence-corrected chi connectivity index (χ2v) is 6.41. The maximum atomic E-state index is 12.3. The summed E-state index contributed by atoms with van der Waals surface area (Å²) in [5, 5.41) is 1.97. The first kappa shape index (κ1) is 13.6. The molecule has 3 rings (SSSR count). The van der Waals surface area contributed by atoms with E-state index in [0.29, 0.717) is 0 Å². The quantitative estimate of drug-likeness (QED) is 0.698. The van der Waals surface area contributed by atoms with Crippen LogP contribution >= 0.6 is 0 Å². The van der Waals surface area contributed by atoms with Crippen molar-refractivity contribution >= 4 is 20.8 Å². The number of aryl methyl sites for hydroxylation is 1. The fourth-order valence-corrected chi connectivity index (χ4v) is 2.98. The van der Waals surface area contributed by atoms with Crippen molar-refractivity contribution in [2.75, 3.05) is 0 Å². The SMILES string of the molecule is Cc1ccc(S(=O)(=O)[N-][n+]2ccc3ccccc3c2)cc1. The molecule has 3 aromatic rings. The molecule has 21 heavy (non-hydrogen) atoms. The molecule has 0 aliphatic heterocycles. The van der Waals surface area contributed by atoms with Crippen LogP contribution in [0.15, 0.2) is 71.9 Å². The lowest BCUT2D eigenvalue weighted by Gasteiger charge is -2.14. The van der Waals surface area contributed by atoms with Gasteiger partial charge in [-0.2, -0.15) is 0 Å². The highest BCUT2D eigenvalue weighted by Gasteiger charge is 2.08. The number of rotatable bonds is 3. The Kier molecular flexibility index (Phi) is 3.35. The summed E-state index contributed by atoms with van der Waals surface area (Å²) in [6, 6.07) is 16.2. The molecule has 1 aromatic heterocycles. The van der Waals surface area contributed by atoms with Crippen LogP contribution in [0.3, 0.4) is 0 Å². The van der Waals surface area contributed by atoms with Gasteiger partial charge in [-0.3, -0.25) is 0 Å². The van der Waals surface area contributed by atoms with Crippen LogP contribution in [0, 0.1) is 6.92 Å². The highest BCUT2D eigenvalue weighted by molar-refractivity contribution is 7.93. The standard InChI is InChI=1S/C16H14N2O2S/c1-13-6-8-16(9-7-13)21(19,20)17-18-11-10-14-4-2-3-5-15(14)12-18/h2-12H,1H3. The first-order valence-electron chi connectivity index (χ1n) is 6.50. The third-order valence-electron chi connectivity index (χ3n) is 3.19. The zero-order valence-corrected chi connectivity index (χ0v) is 12.3. The molecule has 0 fully saturated rings. The number of nitrogens with zero attached hydrogens (tertiary/aromatic N) is 2. The van der Waals surface area contributed by atoms with Crippen LogP contribution in [0.25, 0.3) is 15.6 Å². The molecule has 0 amide bonds.